The first-order chi connectivity index (χ1) is 37.1. The lowest BCUT2D eigenvalue weighted by atomic mass is 9.91. The number of hydrogen-bond donors (Lipinski definition) is 1. The van der Waals surface area contributed by atoms with Crippen LogP contribution in [-0.4, -0.2) is 5.11 Å². The van der Waals surface area contributed by atoms with E-state index in [1.54, 1.807) is 0 Å². The van der Waals surface area contributed by atoms with E-state index in [0.29, 0.717) is 17.5 Å². The Balaban J connectivity index is 1.02. The molecule has 0 spiro atoms. The van der Waals surface area contributed by atoms with Gasteiger partial charge in [0, 0.05) is 44.0 Å². The molecule has 13 aromatic rings. The molecule has 0 bridgehead atoms. The molecule has 1 N–H and O–H groups in total. The van der Waals surface area contributed by atoms with Crippen LogP contribution in [0.5, 0.6) is 5.75 Å². The summed E-state index contributed by atoms with van der Waals surface area (Å²) in [5.41, 5.74) is 18.6. The SMILES string of the molecule is Cc1ccccc1-c1cccc(-c2cccc(N(c3ccc(C(C)C)cc3)c3ccc4ccc5c(N(c6ccc(C(C)C)cc6)c6cccc7c6oc6c(-c8ccccc8C)cccc67)ccc6ccc3c4c65)c2O)c1. The minimum Gasteiger partial charge on any atom is -0.505 e. The summed E-state index contributed by atoms with van der Waals surface area (Å²) in [6.45, 7) is 13.3. The first-order valence-electron chi connectivity index (χ1n) is 26.6. The van der Waals surface area contributed by atoms with E-state index in [1.165, 1.54) is 44.2 Å². The number of aryl methyl sites for hydroxylation is 2. The van der Waals surface area contributed by atoms with Gasteiger partial charge in [-0.15, -0.1) is 0 Å². The molecular weight excluding hydrogens is 925 g/mol. The zero-order valence-electron chi connectivity index (χ0n) is 43.8. The van der Waals surface area contributed by atoms with Gasteiger partial charge in [0.25, 0.3) is 0 Å². The summed E-state index contributed by atoms with van der Waals surface area (Å²) in [5, 5.41) is 21.8. The van der Waals surface area contributed by atoms with E-state index in [0.717, 1.165) is 94.2 Å². The Morgan fingerprint density at radius 1 is 0.355 bits per heavy atom. The smallest absolute Gasteiger partial charge is 0.159 e. The van der Waals surface area contributed by atoms with Crippen molar-refractivity contribution in [2.45, 2.75) is 53.4 Å². The molecule has 0 saturated carbocycles. The predicted molar refractivity (Wildman–Crippen MR) is 322 cm³/mol. The van der Waals surface area contributed by atoms with Gasteiger partial charge >= 0.3 is 0 Å². The van der Waals surface area contributed by atoms with Gasteiger partial charge in [-0.05, 0) is 146 Å². The van der Waals surface area contributed by atoms with Crippen LogP contribution in [0.2, 0.25) is 0 Å². The molecule has 0 aliphatic rings. The number of para-hydroxylation sites is 3. The lowest BCUT2D eigenvalue weighted by molar-refractivity contribution is 0.478. The maximum Gasteiger partial charge on any atom is 0.159 e. The molecule has 76 heavy (non-hydrogen) atoms. The number of fused-ring (bicyclic) bond motifs is 3. The summed E-state index contributed by atoms with van der Waals surface area (Å²) < 4.78 is 7.19. The van der Waals surface area contributed by atoms with Crippen molar-refractivity contribution in [1.82, 2.24) is 0 Å². The van der Waals surface area contributed by atoms with Crippen LogP contribution in [0.15, 0.2) is 229 Å². The summed E-state index contributed by atoms with van der Waals surface area (Å²) in [6, 6.07) is 80.7. The molecule has 0 amide bonds. The second kappa shape index (κ2) is 18.7. The number of aromatic hydroxyl groups is 1. The Kier molecular flexibility index (Phi) is 11.5. The van der Waals surface area contributed by atoms with Crippen LogP contribution in [0.1, 0.15) is 61.8 Å². The number of rotatable bonds is 11. The molecule has 0 unspecified atom stereocenters. The van der Waals surface area contributed by atoms with E-state index in [-0.39, 0.29) is 5.75 Å². The molecular formula is C72H58N2O2. The van der Waals surface area contributed by atoms with E-state index in [4.69, 9.17) is 4.42 Å². The number of nitrogens with zero attached hydrogens (tertiary/aromatic N) is 2. The standard InChI is InChI=1S/C72H58N2O2/c1-44(2)48-27-35-54(36-28-48)73(66-25-13-21-58(70(66)75)53-18-11-17-52(43-53)56-19-9-7-15-46(56)5)64-41-33-50-32-40-63-65(42-34-51-31-39-62(64)68(50)69(51)63)74(55-37-29-49(30-38-55)45(3)4)67-26-14-24-61-60-23-12-22-59(71(60)76-72(61)67)57-20-10-8-16-47(57)6/h7-45,75H,1-6H3. The average Bonchev–Trinajstić information content (AvgIpc) is 3.84. The average molecular weight is 983 g/mol. The highest BCUT2D eigenvalue weighted by Gasteiger charge is 2.26. The molecule has 368 valence electrons. The summed E-state index contributed by atoms with van der Waals surface area (Å²) in [7, 11) is 0. The third-order valence-corrected chi connectivity index (χ3v) is 15.8. The van der Waals surface area contributed by atoms with Crippen LogP contribution in [0.4, 0.5) is 34.1 Å². The van der Waals surface area contributed by atoms with Crippen LogP contribution >= 0.6 is 0 Å². The number of phenolic OH excluding ortho intramolecular Hbond substituents is 1. The molecule has 1 aromatic heterocycles. The lowest BCUT2D eigenvalue weighted by Crippen LogP contribution is -2.12. The highest BCUT2D eigenvalue weighted by molar-refractivity contribution is 6.28. The van der Waals surface area contributed by atoms with E-state index in [9.17, 15) is 5.11 Å². The van der Waals surface area contributed by atoms with Gasteiger partial charge < -0.3 is 19.3 Å². The molecule has 4 heteroatoms. The summed E-state index contributed by atoms with van der Waals surface area (Å²) >= 11 is 0. The number of hydrogen-bond acceptors (Lipinski definition) is 4. The van der Waals surface area contributed by atoms with Crippen molar-refractivity contribution in [3.05, 3.63) is 247 Å². The molecule has 0 atom stereocenters. The van der Waals surface area contributed by atoms with Gasteiger partial charge in [0.15, 0.2) is 5.58 Å². The molecule has 13 rings (SSSR count). The van der Waals surface area contributed by atoms with Gasteiger partial charge in [0.1, 0.15) is 11.3 Å². The number of furan rings is 1. The second-order valence-electron chi connectivity index (χ2n) is 21.1. The second-order valence-corrected chi connectivity index (χ2v) is 21.1. The fourth-order valence-electron chi connectivity index (χ4n) is 11.8. The van der Waals surface area contributed by atoms with Crippen molar-refractivity contribution < 1.29 is 9.52 Å². The van der Waals surface area contributed by atoms with Gasteiger partial charge in [0.05, 0.1) is 22.7 Å². The van der Waals surface area contributed by atoms with E-state index in [2.05, 4.69) is 264 Å². The van der Waals surface area contributed by atoms with Crippen molar-refractivity contribution >= 4 is 88.4 Å². The Labute approximate surface area is 444 Å². The molecule has 4 nitrogen and oxygen atoms in total. The molecule has 1 heterocycles. The zero-order chi connectivity index (χ0) is 51.8. The first kappa shape index (κ1) is 46.7. The normalized spacial score (nSPS) is 11.8. The van der Waals surface area contributed by atoms with Gasteiger partial charge in [-0.2, -0.15) is 0 Å². The van der Waals surface area contributed by atoms with Crippen LogP contribution in [0, 0.1) is 13.8 Å². The summed E-state index contributed by atoms with van der Waals surface area (Å²) in [5.74, 6) is 0.971. The molecule has 0 saturated heterocycles. The fourth-order valence-corrected chi connectivity index (χ4v) is 11.8. The van der Waals surface area contributed by atoms with Crippen LogP contribution in [0.3, 0.4) is 0 Å². The molecule has 0 radical (unpaired) electrons. The minimum absolute atomic E-state index is 0.218. The largest absolute Gasteiger partial charge is 0.505 e. The van der Waals surface area contributed by atoms with Crippen LogP contribution in [0.25, 0.3) is 87.6 Å². The van der Waals surface area contributed by atoms with Gasteiger partial charge in [0.2, 0.25) is 0 Å². The van der Waals surface area contributed by atoms with Gasteiger partial charge in [-0.3, -0.25) is 0 Å². The molecule has 12 aromatic carbocycles. The number of phenols is 1. The van der Waals surface area contributed by atoms with Crippen LogP contribution in [-0.2, 0) is 0 Å². The Hall–Kier alpha value is -9.12. The molecule has 0 aliphatic carbocycles. The van der Waals surface area contributed by atoms with Crippen molar-refractivity contribution in [3.63, 3.8) is 0 Å². The summed E-state index contributed by atoms with van der Waals surface area (Å²) in [4.78, 5) is 4.65. The van der Waals surface area contributed by atoms with Gasteiger partial charge in [-0.1, -0.05) is 198 Å². The third kappa shape index (κ3) is 7.75. The molecule has 0 fully saturated rings. The number of benzene rings is 12. The third-order valence-electron chi connectivity index (χ3n) is 15.8. The Bertz CT molecular complexity index is 4330. The Morgan fingerprint density at radius 3 is 1.38 bits per heavy atom. The first-order valence-corrected chi connectivity index (χ1v) is 26.6. The molecule has 0 aliphatic heterocycles. The maximum absolute atomic E-state index is 12.8. The number of anilines is 6. The highest BCUT2D eigenvalue weighted by Crippen LogP contribution is 2.52. The monoisotopic (exact) mass is 982 g/mol. The van der Waals surface area contributed by atoms with Crippen molar-refractivity contribution in [2.75, 3.05) is 9.80 Å². The summed E-state index contributed by atoms with van der Waals surface area (Å²) in [6.07, 6.45) is 0. The van der Waals surface area contributed by atoms with E-state index < -0.39 is 0 Å². The van der Waals surface area contributed by atoms with Gasteiger partial charge in [-0.25, -0.2) is 0 Å². The van der Waals surface area contributed by atoms with Crippen molar-refractivity contribution in [2.24, 2.45) is 0 Å². The Morgan fingerprint density at radius 2 is 0.803 bits per heavy atom. The minimum atomic E-state index is 0.218. The fraction of sp³-hybridized carbons (Fsp3) is 0.111. The topological polar surface area (TPSA) is 39.9 Å². The lowest BCUT2D eigenvalue weighted by Gasteiger charge is -2.30. The van der Waals surface area contributed by atoms with Crippen molar-refractivity contribution in [3.8, 4) is 39.1 Å². The predicted octanol–water partition coefficient (Wildman–Crippen LogP) is 21.0. The van der Waals surface area contributed by atoms with E-state index in [1.807, 2.05) is 12.1 Å². The van der Waals surface area contributed by atoms with Crippen molar-refractivity contribution in [1.29, 1.82) is 0 Å². The van der Waals surface area contributed by atoms with E-state index >= 15 is 0 Å². The quantitative estimate of drug-likeness (QED) is 0.131. The highest BCUT2D eigenvalue weighted by atomic mass is 16.3. The maximum atomic E-state index is 12.8. The van der Waals surface area contributed by atoms with Crippen LogP contribution < -0.4 is 9.80 Å². The zero-order valence-corrected chi connectivity index (χ0v) is 43.8.